The third-order valence-corrected chi connectivity index (χ3v) is 4.95. The highest BCUT2D eigenvalue weighted by Gasteiger charge is 2.24. The van der Waals surface area contributed by atoms with E-state index < -0.39 is 4.92 Å². The second-order valence-corrected chi connectivity index (χ2v) is 6.76. The first-order valence-electron chi connectivity index (χ1n) is 9.14. The van der Waals surface area contributed by atoms with Crippen molar-refractivity contribution in [2.75, 3.05) is 31.1 Å². The molecule has 1 fully saturated rings. The zero-order valence-corrected chi connectivity index (χ0v) is 15.8. The number of amides is 1. The molecule has 1 amide bonds. The Morgan fingerprint density at radius 1 is 1.07 bits per heavy atom. The predicted molar refractivity (Wildman–Crippen MR) is 105 cm³/mol. The number of anilines is 1. The quantitative estimate of drug-likeness (QED) is 0.491. The third-order valence-electron chi connectivity index (χ3n) is 4.95. The van der Waals surface area contributed by atoms with Crippen LogP contribution in [-0.2, 0) is 0 Å². The van der Waals surface area contributed by atoms with Crippen LogP contribution in [0.1, 0.15) is 15.9 Å². The number of hydrogen-bond donors (Lipinski definition) is 0. The Bertz CT molecular complexity index is 1030. The fraction of sp³-hybridized carbons (Fsp3) is 0.263. The molecular formula is C19H19N7O3. The smallest absolute Gasteiger partial charge is 0.273 e. The van der Waals surface area contributed by atoms with Crippen molar-refractivity contribution >= 4 is 17.4 Å². The highest BCUT2D eigenvalue weighted by Crippen LogP contribution is 2.21. The number of aromatic nitrogens is 4. The average Bonchev–Trinajstić information content (AvgIpc) is 3.29. The summed E-state index contributed by atoms with van der Waals surface area (Å²) < 4.78 is 1.77. The zero-order chi connectivity index (χ0) is 20.4. The van der Waals surface area contributed by atoms with Crippen molar-refractivity contribution in [1.82, 2.24) is 24.6 Å². The Morgan fingerprint density at radius 3 is 2.41 bits per heavy atom. The standard InChI is InChI=1S/C19H19N7O3/c1-14-2-3-15(12-16(14)26(28)29)19(27)24-10-8-23(9-11-24)17-4-5-18(22-21-17)25-7-6-20-13-25/h2-7,12-13H,8-11H2,1H3. The van der Waals surface area contributed by atoms with Crippen LogP contribution in [0.3, 0.4) is 0 Å². The lowest BCUT2D eigenvalue weighted by molar-refractivity contribution is -0.385. The summed E-state index contributed by atoms with van der Waals surface area (Å²) in [6.45, 7) is 3.89. The van der Waals surface area contributed by atoms with Crippen LogP contribution in [0.2, 0.25) is 0 Å². The number of aryl methyl sites for hydroxylation is 1. The molecule has 0 spiro atoms. The molecule has 29 heavy (non-hydrogen) atoms. The molecule has 0 radical (unpaired) electrons. The molecule has 1 aromatic carbocycles. The van der Waals surface area contributed by atoms with Gasteiger partial charge >= 0.3 is 0 Å². The van der Waals surface area contributed by atoms with E-state index in [9.17, 15) is 14.9 Å². The molecule has 1 saturated heterocycles. The van der Waals surface area contributed by atoms with Crippen LogP contribution in [0.4, 0.5) is 11.5 Å². The van der Waals surface area contributed by atoms with Crippen molar-refractivity contribution in [2.24, 2.45) is 0 Å². The van der Waals surface area contributed by atoms with Crippen molar-refractivity contribution in [3.8, 4) is 5.82 Å². The fourth-order valence-corrected chi connectivity index (χ4v) is 3.28. The predicted octanol–water partition coefficient (Wildman–Crippen LogP) is 1.84. The number of rotatable bonds is 4. The topological polar surface area (TPSA) is 110 Å². The lowest BCUT2D eigenvalue weighted by Gasteiger charge is -2.35. The lowest BCUT2D eigenvalue weighted by Crippen LogP contribution is -2.49. The van der Waals surface area contributed by atoms with Crippen molar-refractivity contribution in [3.05, 3.63) is 70.3 Å². The highest BCUT2D eigenvalue weighted by atomic mass is 16.6. The molecule has 4 rings (SSSR count). The monoisotopic (exact) mass is 393 g/mol. The van der Waals surface area contributed by atoms with Gasteiger partial charge in [0.1, 0.15) is 6.33 Å². The van der Waals surface area contributed by atoms with Crippen LogP contribution in [0.25, 0.3) is 5.82 Å². The van der Waals surface area contributed by atoms with Crippen LogP contribution in [0, 0.1) is 17.0 Å². The van der Waals surface area contributed by atoms with E-state index in [1.165, 1.54) is 6.07 Å². The number of carbonyl (C=O) groups excluding carboxylic acids is 1. The normalized spacial score (nSPS) is 14.1. The van der Waals surface area contributed by atoms with E-state index in [0.717, 1.165) is 5.82 Å². The molecule has 148 valence electrons. The Labute approximate surface area is 166 Å². The number of imidazole rings is 1. The van der Waals surface area contributed by atoms with Crippen LogP contribution in [-0.4, -0.2) is 61.7 Å². The third kappa shape index (κ3) is 3.77. The second-order valence-electron chi connectivity index (χ2n) is 6.76. The molecule has 3 heterocycles. The molecule has 10 heteroatoms. The van der Waals surface area contributed by atoms with E-state index in [1.54, 1.807) is 47.2 Å². The van der Waals surface area contributed by atoms with E-state index in [4.69, 9.17) is 0 Å². The van der Waals surface area contributed by atoms with Crippen molar-refractivity contribution < 1.29 is 9.72 Å². The highest BCUT2D eigenvalue weighted by molar-refractivity contribution is 5.95. The zero-order valence-electron chi connectivity index (χ0n) is 15.8. The van der Waals surface area contributed by atoms with Crippen molar-refractivity contribution in [1.29, 1.82) is 0 Å². The van der Waals surface area contributed by atoms with Crippen molar-refractivity contribution in [3.63, 3.8) is 0 Å². The molecule has 0 aliphatic carbocycles. The van der Waals surface area contributed by atoms with Gasteiger partial charge in [0.2, 0.25) is 0 Å². The van der Waals surface area contributed by atoms with Gasteiger partial charge in [-0.25, -0.2) is 4.98 Å². The molecule has 1 aliphatic rings. The molecule has 10 nitrogen and oxygen atoms in total. The van der Waals surface area contributed by atoms with E-state index in [0.29, 0.717) is 43.1 Å². The van der Waals surface area contributed by atoms with E-state index in [2.05, 4.69) is 20.1 Å². The molecule has 3 aromatic rings. The fourth-order valence-electron chi connectivity index (χ4n) is 3.28. The Hall–Kier alpha value is -3.82. The number of piperazine rings is 1. The first-order chi connectivity index (χ1) is 14.0. The van der Waals surface area contributed by atoms with Gasteiger partial charge in [0.15, 0.2) is 11.6 Å². The SMILES string of the molecule is Cc1ccc(C(=O)N2CCN(c3ccc(-n4ccnc4)nn3)CC2)cc1[N+](=O)[O-]. The minimum atomic E-state index is -0.462. The van der Waals surface area contributed by atoms with Gasteiger partial charge in [-0.15, -0.1) is 10.2 Å². The van der Waals surface area contributed by atoms with Gasteiger partial charge in [0, 0.05) is 55.8 Å². The summed E-state index contributed by atoms with van der Waals surface area (Å²) in [7, 11) is 0. The van der Waals surface area contributed by atoms with E-state index in [-0.39, 0.29) is 11.6 Å². The van der Waals surface area contributed by atoms with E-state index in [1.807, 2.05) is 12.1 Å². The van der Waals surface area contributed by atoms with Gasteiger partial charge in [-0.2, -0.15) is 0 Å². The van der Waals surface area contributed by atoms with Crippen LogP contribution >= 0.6 is 0 Å². The maximum absolute atomic E-state index is 12.8. The summed E-state index contributed by atoms with van der Waals surface area (Å²) in [6, 6.07) is 8.36. The molecule has 0 N–H and O–H groups in total. The molecule has 0 bridgehead atoms. The van der Waals surface area contributed by atoms with Gasteiger partial charge in [-0.1, -0.05) is 6.07 Å². The van der Waals surface area contributed by atoms with Gasteiger partial charge in [0.05, 0.1) is 4.92 Å². The Morgan fingerprint density at radius 2 is 1.79 bits per heavy atom. The number of hydrogen-bond acceptors (Lipinski definition) is 7. The maximum atomic E-state index is 12.8. The first-order valence-corrected chi connectivity index (χ1v) is 9.14. The minimum Gasteiger partial charge on any atom is -0.352 e. The number of benzene rings is 1. The first kappa shape index (κ1) is 18.5. The summed E-state index contributed by atoms with van der Waals surface area (Å²) in [5, 5.41) is 19.6. The molecule has 0 saturated carbocycles. The molecular weight excluding hydrogens is 374 g/mol. The number of nitrogens with zero attached hydrogens (tertiary/aromatic N) is 7. The molecule has 1 aliphatic heterocycles. The van der Waals surface area contributed by atoms with Crippen LogP contribution < -0.4 is 4.90 Å². The summed E-state index contributed by atoms with van der Waals surface area (Å²) in [5.74, 6) is 1.22. The van der Waals surface area contributed by atoms with Crippen molar-refractivity contribution in [2.45, 2.75) is 6.92 Å². The maximum Gasteiger partial charge on any atom is 0.273 e. The number of carbonyl (C=O) groups is 1. The van der Waals surface area contributed by atoms with Crippen LogP contribution in [0.15, 0.2) is 49.1 Å². The van der Waals surface area contributed by atoms with Gasteiger partial charge in [-0.05, 0) is 25.1 Å². The minimum absolute atomic E-state index is 0.0391. The van der Waals surface area contributed by atoms with Crippen LogP contribution in [0.5, 0.6) is 0 Å². The Kier molecular flexibility index (Phi) is 4.90. The van der Waals surface area contributed by atoms with Gasteiger partial charge in [-0.3, -0.25) is 19.5 Å². The lowest BCUT2D eigenvalue weighted by atomic mass is 10.1. The molecule has 2 aromatic heterocycles. The van der Waals surface area contributed by atoms with Gasteiger partial charge in [0.25, 0.3) is 11.6 Å². The molecule has 0 unspecified atom stereocenters. The average molecular weight is 393 g/mol. The van der Waals surface area contributed by atoms with Gasteiger partial charge < -0.3 is 9.80 Å². The molecule has 0 atom stereocenters. The number of nitro groups is 1. The summed E-state index contributed by atoms with van der Waals surface area (Å²) in [4.78, 5) is 31.2. The summed E-state index contributed by atoms with van der Waals surface area (Å²) >= 11 is 0. The largest absolute Gasteiger partial charge is 0.352 e. The number of nitro benzene ring substituents is 1. The summed E-state index contributed by atoms with van der Waals surface area (Å²) in [5.41, 5.74) is 0.831. The Balaban J connectivity index is 1.41. The van der Waals surface area contributed by atoms with E-state index >= 15 is 0 Å². The second kappa shape index (κ2) is 7.66. The summed E-state index contributed by atoms with van der Waals surface area (Å²) in [6.07, 6.45) is 5.13.